The highest BCUT2D eigenvalue weighted by atomic mass is 16.2. The lowest BCUT2D eigenvalue weighted by molar-refractivity contribution is -0.137. The number of hydrogen-bond acceptors (Lipinski definition) is 6. The number of benzene rings is 1. The molecule has 2 fully saturated rings. The van der Waals surface area contributed by atoms with Gasteiger partial charge in [-0.25, -0.2) is 4.79 Å². The zero-order chi connectivity index (χ0) is 25.4. The number of rotatable bonds is 6. The van der Waals surface area contributed by atoms with E-state index in [2.05, 4.69) is 46.7 Å². The molecule has 10 heteroatoms. The minimum Gasteiger partial charge on any atom is -0.305 e. The molecule has 4 amide bonds. The Morgan fingerprint density at radius 2 is 1.94 bits per heavy atom. The van der Waals surface area contributed by atoms with Crippen LogP contribution >= 0.6 is 0 Å². The summed E-state index contributed by atoms with van der Waals surface area (Å²) in [7, 11) is 0. The molecule has 1 aromatic carbocycles. The number of amides is 4. The van der Waals surface area contributed by atoms with E-state index in [9.17, 15) is 14.4 Å². The molecule has 1 saturated carbocycles. The van der Waals surface area contributed by atoms with Gasteiger partial charge < -0.3 is 4.90 Å². The molecular formula is C25H35N7O3. The first-order valence-electron chi connectivity index (χ1n) is 12.3. The molecule has 1 spiro atoms. The average molecular weight is 482 g/mol. The Morgan fingerprint density at radius 3 is 2.54 bits per heavy atom. The van der Waals surface area contributed by atoms with Crippen molar-refractivity contribution in [3.05, 3.63) is 35.4 Å². The Labute approximate surface area is 205 Å². The third-order valence-corrected chi connectivity index (χ3v) is 6.94. The molecule has 1 aliphatic carbocycles. The number of nitrogens with one attached hydrogen (secondary N) is 2. The number of urea groups is 1. The summed E-state index contributed by atoms with van der Waals surface area (Å²) < 4.78 is 0. The van der Waals surface area contributed by atoms with E-state index in [4.69, 9.17) is 0 Å². The van der Waals surface area contributed by atoms with Gasteiger partial charge in [-0.2, -0.15) is 5.21 Å². The van der Waals surface area contributed by atoms with Crippen LogP contribution in [0.4, 0.5) is 10.7 Å². The van der Waals surface area contributed by atoms with Gasteiger partial charge in [-0.3, -0.25) is 19.8 Å². The molecule has 1 saturated heterocycles. The van der Waals surface area contributed by atoms with Crippen LogP contribution in [-0.2, 0) is 11.3 Å². The lowest BCUT2D eigenvalue weighted by Crippen LogP contribution is -2.52. The van der Waals surface area contributed by atoms with Crippen LogP contribution in [0.2, 0.25) is 0 Å². The normalized spacial score (nSPS) is 23.0. The Morgan fingerprint density at radius 1 is 1.23 bits per heavy atom. The fourth-order valence-corrected chi connectivity index (χ4v) is 5.59. The molecular weight excluding hydrogens is 446 g/mol. The second-order valence-corrected chi connectivity index (χ2v) is 11.3. The highest BCUT2D eigenvalue weighted by molar-refractivity contribution is 6.07. The third kappa shape index (κ3) is 5.06. The zero-order valence-corrected chi connectivity index (χ0v) is 21.2. The van der Waals surface area contributed by atoms with Gasteiger partial charge in [0.05, 0.1) is 0 Å². The second-order valence-electron chi connectivity index (χ2n) is 11.3. The van der Waals surface area contributed by atoms with Crippen molar-refractivity contribution in [2.75, 3.05) is 5.32 Å². The van der Waals surface area contributed by atoms with Gasteiger partial charge in [0.2, 0.25) is 0 Å². The lowest BCUT2D eigenvalue weighted by atomic mass is 9.69. The van der Waals surface area contributed by atoms with Gasteiger partial charge in [0.15, 0.2) is 0 Å². The number of aromatic amines is 1. The molecule has 0 bridgehead atoms. The third-order valence-electron chi connectivity index (χ3n) is 6.94. The van der Waals surface area contributed by atoms with E-state index in [0.29, 0.717) is 30.9 Å². The summed E-state index contributed by atoms with van der Waals surface area (Å²) in [6.45, 7) is 10.8. The quantitative estimate of drug-likeness (QED) is 0.601. The van der Waals surface area contributed by atoms with Crippen molar-refractivity contribution in [1.82, 2.24) is 30.4 Å². The summed E-state index contributed by atoms with van der Waals surface area (Å²) >= 11 is 0. The van der Waals surface area contributed by atoms with Crippen molar-refractivity contribution in [3.8, 4) is 0 Å². The predicted molar refractivity (Wildman–Crippen MR) is 130 cm³/mol. The monoisotopic (exact) mass is 481 g/mol. The van der Waals surface area contributed by atoms with Crippen LogP contribution in [0.5, 0.6) is 0 Å². The summed E-state index contributed by atoms with van der Waals surface area (Å²) in [6.07, 6.45) is 4.42. The largest absolute Gasteiger partial charge is 0.328 e. The van der Waals surface area contributed by atoms with Gasteiger partial charge in [0.1, 0.15) is 5.54 Å². The van der Waals surface area contributed by atoms with Gasteiger partial charge in [0.25, 0.3) is 17.8 Å². The van der Waals surface area contributed by atoms with Crippen LogP contribution < -0.4 is 5.32 Å². The van der Waals surface area contributed by atoms with Crippen molar-refractivity contribution in [1.29, 1.82) is 0 Å². The molecule has 0 radical (unpaired) electrons. The first-order valence-corrected chi connectivity index (χ1v) is 12.3. The number of nitrogens with zero attached hydrogens (tertiary/aromatic N) is 5. The second kappa shape index (κ2) is 9.39. The molecule has 2 atom stereocenters. The van der Waals surface area contributed by atoms with Crippen LogP contribution in [0, 0.1) is 11.3 Å². The SMILES string of the molecule is CC(C)N1C(=O)N(Cc2ccc(C(=O)Nc3nn[nH]n3)cc2)C2(CCCC(CC(C)(C)C)C2)C1=O. The molecule has 2 N–H and O–H groups in total. The standard InChI is InChI=1S/C25H35N7O3/c1-16(2)32-21(34)25(12-6-7-18(14-25)13-24(3,4)5)31(23(32)35)15-17-8-10-19(11-9-17)20(33)26-22-27-29-30-28-22/h8-11,16,18H,6-7,12-15H2,1-5H3,(H2,26,27,28,29,30,33). The molecule has 10 nitrogen and oxygen atoms in total. The number of tetrazole rings is 1. The van der Waals surface area contributed by atoms with Gasteiger partial charge in [-0.15, -0.1) is 5.10 Å². The van der Waals surface area contributed by atoms with Gasteiger partial charge in [-0.05, 0) is 67.4 Å². The lowest BCUT2D eigenvalue weighted by Gasteiger charge is -2.43. The maximum atomic E-state index is 13.7. The van der Waals surface area contributed by atoms with E-state index in [-0.39, 0.29) is 35.3 Å². The number of anilines is 1. The van der Waals surface area contributed by atoms with E-state index in [1.54, 1.807) is 17.0 Å². The van der Waals surface area contributed by atoms with E-state index in [0.717, 1.165) is 24.8 Å². The molecule has 2 heterocycles. The minimum atomic E-state index is -0.801. The Hall–Kier alpha value is -3.30. The average Bonchev–Trinajstić information content (AvgIpc) is 3.35. The summed E-state index contributed by atoms with van der Waals surface area (Å²) in [5.41, 5.74) is 0.661. The number of carbonyl (C=O) groups is 3. The minimum absolute atomic E-state index is 0.0628. The first-order chi connectivity index (χ1) is 16.5. The van der Waals surface area contributed by atoms with Crippen LogP contribution in [0.3, 0.4) is 0 Å². The van der Waals surface area contributed by atoms with Gasteiger partial charge in [0, 0.05) is 18.2 Å². The molecule has 1 aromatic heterocycles. The highest BCUT2D eigenvalue weighted by Crippen LogP contribution is 2.46. The summed E-state index contributed by atoms with van der Waals surface area (Å²) in [6, 6.07) is 6.62. The van der Waals surface area contributed by atoms with Gasteiger partial charge in [-0.1, -0.05) is 50.8 Å². The van der Waals surface area contributed by atoms with Crippen LogP contribution in [0.15, 0.2) is 24.3 Å². The number of carbonyl (C=O) groups excluding carboxylic acids is 3. The molecule has 2 unspecified atom stereocenters. The molecule has 188 valence electrons. The molecule has 2 aromatic rings. The van der Waals surface area contributed by atoms with E-state index in [1.165, 1.54) is 4.90 Å². The Bertz CT molecular complexity index is 1080. The molecule has 2 aliphatic rings. The van der Waals surface area contributed by atoms with E-state index >= 15 is 0 Å². The topological polar surface area (TPSA) is 124 Å². The molecule has 1 aliphatic heterocycles. The van der Waals surface area contributed by atoms with Crippen LogP contribution in [0.25, 0.3) is 0 Å². The molecule has 4 rings (SSSR count). The van der Waals surface area contributed by atoms with Crippen molar-refractivity contribution >= 4 is 23.8 Å². The van der Waals surface area contributed by atoms with Crippen molar-refractivity contribution in [3.63, 3.8) is 0 Å². The molecule has 35 heavy (non-hydrogen) atoms. The maximum Gasteiger partial charge on any atom is 0.328 e. The Kier molecular flexibility index (Phi) is 6.66. The van der Waals surface area contributed by atoms with Crippen molar-refractivity contribution < 1.29 is 14.4 Å². The number of aromatic nitrogens is 4. The first kappa shape index (κ1) is 24.8. The number of imide groups is 1. The smallest absolute Gasteiger partial charge is 0.305 e. The van der Waals surface area contributed by atoms with Crippen LogP contribution in [-0.4, -0.2) is 59.9 Å². The predicted octanol–water partition coefficient (Wildman–Crippen LogP) is 3.99. The number of H-pyrrole nitrogens is 1. The maximum absolute atomic E-state index is 13.7. The summed E-state index contributed by atoms with van der Waals surface area (Å²) in [5, 5.41) is 15.7. The van der Waals surface area contributed by atoms with Crippen LogP contribution in [0.1, 0.15) is 82.6 Å². The number of hydrogen-bond donors (Lipinski definition) is 2. The fraction of sp³-hybridized carbons (Fsp3) is 0.600. The summed E-state index contributed by atoms with van der Waals surface area (Å²) in [4.78, 5) is 42.9. The van der Waals surface area contributed by atoms with E-state index in [1.807, 2.05) is 26.0 Å². The van der Waals surface area contributed by atoms with Crippen molar-refractivity contribution in [2.24, 2.45) is 11.3 Å². The zero-order valence-electron chi connectivity index (χ0n) is 21.2. The highest BCUT2D eigenvalue weighted by Gasteiger charge is 2.59. The van der Waals surface area contributed by atoms with E-state index < -0.39 is 5.54 Å². The van der Waals surface area contributed by atoms with Gasteiger partial charge >= 0.3 is 6.03 Å². The summed E-state index contributed by atoms with van der Waals surface area (Å²) in [5.74, 6) is 0.0711. The fourth-order valence-electron chi connectivity index (χ4n) is 5.59. The Balaban J connectivity index is 1.57. The van der Waals surface area contributed by atoms with Crippen molar-refractivity contribution in [2.45, 2.75) is 84.8 Å².